The van der Waals surface area contributed by atoms with E-state index in [4.69, 9.17) is 0 Å². The fraction of sp³-hybridized carbons (Fsp3) is 0.632. The van der Waals surface area contributed by atoms with Crippen LogP contribution in [0.2, 0.25) is 0 Å². The third-order valence-corrected chi connectivity index (χ3v) is 3.85. The van der Waals surface area contributed by atoms with Gasteiger partial charge in [-0.3, -0.25) is 9.78 Å². The van der Waals surface area contributed by atoms with E-state index in [1.807, 2.05) is 6.07 Å². The molecule has 4 nitrogen and oxygen atoms in total. The lowest BCUT2D eigenvalue weighted by atomic mass is 10.0. The molecule has 1 amide bonds. The van der Waals surface area contributed by atoms with Gasteiger partial charge >= 0.3 is 0 Å². The lowest BCUT2D eigenvalue weighted by Gasteiger charge is -2.07. The summed E-state index contributed by atoms with van der Waals surface area (Å²) in [5.41, 5.74) is 4.19. The molecule has 0 aliphatic heterocycles. The average molecular weight is 317 g/mol. The van der Waals surface area contributed by atoms with E-state index in [9.17, 15) is 4.79 Å². The number of carbonyl (C=O) groups is 1. The highest BCUT2D eigenvalue weighted by molar-refractivity contribution is 5.93. The molecule has 0 fully saturated rings. The van der Waals surface area contributed by atoms with Crippen LogP contribution < -0.4 is 5.43 Å². The maximum Gasteiger partial charge on any atom is 0.289 e. The van der Waals surface area contributed by atoms with Crippen LogP contribution in [0.4, 0.5) is 0 Å². The summed E-state index contributed by atoms with van der Waals surface area (Å²) >= 11 is 0. The first-order valence-corrected chi connectivity index (χ1v) is 9.04. The predicted molar refractivity (Wildman–Crippen MR) is 96.7 cm³/mol. The van der Waals surface area contributed by atoms with Gasteiger partial charge in [-0.05, 0) is 37.8 Å². The Morgan fingerprint density at radius 1 is 1.00 bits per heavy atom. The van der Waals surface area contributed by atoms with Gasteiger partial charge in [0.05, 0.1) is 0 Å². The van der Waals surface area contributed by atoms with Crippen molar-refractivity contribution in [1.82, 2.24) is 10.4 Å². The Morgan fingerprint density at radius 2 is 1.65 bits per heavy atom. The molecule has 128 valence electrons. The van der Waals surface area contributed by atoms with E-state index in [2.05, 4.69) is 29.4 Å². The minimum Gasteiger partial charge on any atom is -0.266 e. The number of unbranched alkanes of at least 4 members (excludes halogenated alkanes) is 6. The maximum atomic E-state index is 12.0. The summed E-state index contributed by atoms with van der Waals surface area (Å²) < 4.78 is 0. The van der Waals surface area contributed by atoms with Crippen LogP contribution in [0.25, 0.3) is 0 Å². The predicted octanol–water partition coefficient (Wildman–Crippen LogP) is 5.11. The molecule has 0 atom stereocenters. The first kappa shape index (κ1) is 19.3. The summed E-state index contributed by atoms with van der Waals surface area (Å²) in [5, 5.41) is 4.37. The molecule has 0 aromatic carbocycles. The molecule has 23 heavy (non-hydrogen) atoms. The van der Waals surface area contributed by atoms with Gasteiger partial charge in [-0.1, -0.05) is 58.4 Å². The summed E-state index contributed by atoms with van der Waals surface area (Å²) in [6.45, 7) is 4.43. The van der Waals surface area contributed by atoms with Crippen LogP contribution in [0.3, 0.4) is 0 Å². The molecule has 0 saturated carbocycles. The van der Waals surface area contributed by atoms with Crippen LogP contribution in [-0.4, -0.2) is 16.6 Å². The second-order valence-corrected chi connectivity index (χ2v) is 5.96. The third kappa shape index (κ3) is 9.11. The largest absolute Gasteiger partial charge is 0.289 e. The number of hydrazone groups is 1. The van der Waals surface area contributed by atoms with E-state index in [1.54, 1.807) is 18.3 Å². The standard InChI is InChI=1S/C19H31N3O/c1-3-5-7-9-13-17(14-10-8-6-4-2)21-22-19(23)18-15-11-12-16-20-18/h11-12,15-16H,3-10,13-14H2,1-2H3,(H,22,23). The van der Waals surface area contributed by atoms with Crippen LogP contribution >= 0.6 is 0 Å². The molecule has 1 rings (SSSR count). The molecule has 4 heteroatoms. The Kier molecular flexibility index (Phi) is 10.8. The Balaban J connectivity index is 2.49. The number of hydrogen-bond donors (Lipinski definition) is 1. The highest BCUT2D eigenvalue weighted by Crippen LogP contribution is 2.10. The van der Waals surface area contributed by atoms with Gasteiger partial charge in [0.1, 0.15) is 5.69 Å². The molecular formula is C19H31N3O. The van der Waals surface area contributed by atoms with Crippen molar-refractivity contribution in [2.75, 3.05) is 0 Å². The number of carbonyl (C=O) groups excluding carboxylic acids is 1. The SMILES string of the molecule is CCCCCCC(CCCCCC)=NNC(=O)c1ccccn1. The summed E-state index contributed by atoms with van der Waals surface area (Å²) in [7, 11) is 0. The number of pyridine rings is 1. The van der Waals surface area contributed by atoms with E-state index in [1.165, 1.54) is 38.5 Å². The van der Waals surface area contributed by atoms with E-state index < -0.39 is 0 Å². The van der Waals surface area contributed by atoms with Gasteiger partial charge < -0.3 is 0 Å². The average Bonchev–Trinajstić information content (AvgIpc) is 2.60. The molecule has 0 unspecified atom stereocenters. The van der Waals surface area contributed by atoms with Crippen molar-refractivity contribution in [2.45, 2.75) is 78.1 Å². The maximum absolute atomic E-state index is 12.0. The third-order valence-electron chi connectivity index (χ3n) is 3.85. The summed E-state index contributed by atoms with van der Waals surface area (Å²) in [4.78, 5) is 16.1. The molecule has 0 aliphatic carbocycles. The number of nitrogens with one attached hydrogen (secondary N) is 1. The van der Waals surface area contributed by atoms with Gasteiger partial charge in [-0.15, -0.1) is 0 Å². The zero-order chi connectivity index (χ0) is 16.8. The molecule has 1 aromatic rings. The molecule has 0 bridgehead atoms. The lowest BCUT2D eigenvalue weighted by Crippen LogP contribution is -2.20. The fourth-order valence-electron chi connectivity index (χ4n) is 2.43. The molecule has 1 heterocycles. The highest BCUT2D eigenvalue weighted by atomic mass is 16.2. The van der Waals surface area contributed by atoms with Crippen LogP contribution in [0, 0.1) is 0 Å². The monoisotopic (exact) mass is 317 g/mol. The Hall–Kier alpha value is -1.71. The molecule has 1 aromatic heterocycles. The van der Waals surface area contributed by atoms with Gasteiger partial charge in [0, 0.05) is 11.9 Å². The van der Waals surface area contributed by atoms with E-state index in [0.29, 0.717) is 5.69 Å². The molecule has 0 spiro atoms. The smallest absolute Gasteiger partial charge is 0.266 e. The van der Waals surface area contributed by atoms with Crippen LogP contribution in [0.15, 0.2) is 29.5 Å². The summed E-state index contributed by atoms with van der Waals surface area (Å²) in [6.07, 6.45) is 13.4. The van der Waals surface area contributed by atoms with Crippen molar-refractivity contribution in [3.8, 4) is 0 Å². The Morgan fingerprint density at radius 3 is 2.17 bits per heavy atom. The number of amides is 1. The zero-order valence-corrected chi connectivity index (χ0v) is 14.7. The topological polar surface area (TPSA) is 54.4 Å². The van der Waals surface area contributed by atoms with E-state index >= 15 is 0 Å². The molecule has 1 N–H and O–H groups in total. The number of rotatable bonds is 12. The number of hydrogen-bond acceptors (Lipinski definition) is 3. The first-order chi connectivity index (χ1) is 11.3. The molecule has 0 aliphatic rings. The van der Waals surface area contributed by atoms with Gasteiger partial charge in [0.25, 0.3) is 5.91 Å². The second-order valence-electron chi connectivity index (χ2n) is 5.96. The van der Waals surface area contributed by atoms with Crippen molar-refractivity contribution >= 4 is 11.6 Å². The van der Waals surface area contributed by atoms with Gasteiger partial charge in [0.2, 0.25) is 0 Å². The van der Waals surface area contributed by atoms with Gasteiger partial charge in [0.15, 0.2) is 0 Å². The van der Waals surface area contributed by atoms with Crippen molar-refractivity contribution in [3.05, 3.63) is 30.1 Å². The Labute approximate surface area is 140 Å². The van der Waals surface area contributed by atoms with Crippen LogP contribution in [0.1, 0.15) is 88.5 Å². The van der Waals surface area contributed by atoms with E-state index in [0.717, 1.165) is 31.4 Å². The van der Waals surface area contributed by atoms with Crippen LogP contribution in [0.5, 0.6) is 0 Å². The minimum absolute atomic E-state index is 0.231. The normalized spacial score (nSPS) is 10.3. The highest BCUT2D eigenvalue weighted by Gasteiger charge is 2.06. The number of nitrogens with zero attached hydrogens (tertiary/aromatic N) is 2. The van der Waals surface area contributed by atoms with Crippen LogP contribution in [-0.2, 0) is 0 Å². The summed E-state index contributed by atoms with van der Waals surface area (Å²) in [6, 6.07) is 5.31. The van der Waals surface area contributed by atoms with Crippen molar-refractivity contribution in [3.63, 3.8) is 0 Å². The van der Waals surface area contributed by atoms with Gasteiger partial charge in [-0.25, -0.2) is 5.43 Å². The van der Waals surface area contributed by atoms with Crippen molar-refractivity contribution in [1.29, 1.82) is 0 Å². The van der Waals surface area contributed by atoms with Crippen molar-refractivity contribution < 1.29 is 4.79 Å². The molecule has 0 saturated heterocycles. The number of aromatic nitrogens is 1. The summed E-state index contributed by atoms with van der Waals surface area (Å²) in [5.74, 6) is -0.231. The van der Waals surface area contributed by atoms with Crippen molar-refractivity contribution in [2.24, 2.45) is 5.10 Å². The zero-order valence-electron chi connectivity index (χ0n) is 14.7. The molecule has 0 radical (unpaired) electrons. The van der Waals surface area contributed by atoms with E-state index in [-0.39, 0.29) is 5.91 Å². The quantitative estimate of drug-likeness (QED) is 0.331. The van der Waals surface area contributed by atoms with Gasteiger partial charge in [-0.2, -0.15) is 5.10 Å². The second kappa shape index (κ2) is 12.8. The Bertz CT molecular complexity index is 443. The molecular weight excluding hydrogens is 286 g/mol. The lowest BCUT2D eigenvalue weighted by molar-refractivity contribution is 0.0949. The minimum atomic E-state index is -0.231. The fourth-order valence-corrected chi connectivity index (χ4v) is 2.43. The first-order valence-electron chi connectivity index (χ1n) is 9.04.